The van der Waals surface area contributed by atoms with Gasteiger partial charge in [-0.25, -0.2) is 0 Å². The molecule has 0 aromatic heterocycles. The van der Waals surface area contributed by atoms with Gasteiger partial charge in [-0.3, -0.25) is 4.79 Å². The molecular weight excluding hydrogens is 198 g/mol. The molecule has 14 heavy (non-hydrogen) atoms. The molecule has 0 atom stereocenters. The fourth-order valence-corrected chi connectivity index (χ4v) is 2.03. The van der Waals surface area contributed by atoms with Crippen molar-refractivity contribution in [3.8, 4) is 0 Å². The maximum absolute atomic E-state index is 10.6. The molecule has 0 aliphatic heterocycles. The van der Waals surface area contributed by atoms with E-state index in [1.807, 2.05) is 12.1 Å². The molecule has 2 rings (SSSR count). The first-order valence-corrected chi connectivity index (χ1v) is 5.22. The number of carbonyl (C=O) groups excluding carboxylic acids is 1. The zero-order valence-corrected chi connectivity index (χ0v) is 8.60. The van der Waals surface area contributed by atoms with Crippen molar-refractivity contribution in [1.29, 1.82) is 0 Å². The van der Waals surface area contributed by atoms with Crippen molar-refractivity contribution in [2.24, 2.45) is 0 Å². The van der Waals surface area contributed by atoms with Gasteiger partial charge in [-0.15, -0.1) is 0 Å². The Kier molecular flexibility index (Phi) is 2.73. The van der Waals surface area contributed by atoms with Crippen molar-refractivity contribution >= 4 is 22.7 Å². The van der Waals surface area contributed by atoms with Gasteiger partial charge in [-0.1, -0.05) is 6.07 Å². The molecule has 0 radical (unpaired) electrons. The van der Waals surface area contributed by atoms with Crippen LogP contribution in [0.5, 0.6) is 0 Å². The molecule has 1 N–H and O–H groups in total. The summed E-state index contributed by atoms with van der Waals surface area (Å²) in [7, 11) is 0. The molecule has 0 saturated carbocycles. The molecule has 1 aromatic rings. The van der Waals surface area contributed by atoms with E-state index in [1.54, 1.807) is 0 Å². The summed E-state index contributed by atoms with van der Waals surface area (Å²) in [6.45, 7) is 0. The molecular formula is C11H12ClNO. The number of fused-ring (bicyclic) bond motifs is 1. The van der Waals surface area contributed by atoms with Gasteiger partial charge in [-0.2, -0.15) is 0 Å². The van der Waals surface area contributed by atoms with Crippen LogP contribution in [0.4, 0.5) is 10.5 Å². The van der Waals surface area contributed by atoms with Crippen LogP contribution in [0.3, 0.4) is 0 Å². The van der Waals surface area contributed by atoms with E-state index < -0.39 is 5.37 Å². The first-order valence-electron chi connectivity index (χ1n) is 4.84. The lowest BCUT2D eigenvalue weighted by molar-refractivity contribution is 0.269. The molecule has 0 spiro atoms. The van der Waals surface area contributed by atoms with Gasteiger partial charge < -0.3 is 5.32 Å². The number of carbonyl (C=O) groups is 1. The number of anilines is 1. The Balaban J connectivity index is 2.24. The SMILES string of the molecule is O=C(Cl)Nc1ccc2c(c1)CCCC2. The highest BCUT2D eigenvalue weighted by atomic mass is 35.5. The zero-order chi connectivity index (χ0) is 9.97. The quantitative estimate of drug-likeness (QED) is 0.558. The third-order valence-electron chi connectivity index (χ3n) is 2.59. The minimum atomic E-state index is -0.527. The summed E-state index contributed by atoms with van der Waals surface area (Å²) >= 11 is 5.25. The van der Waals surface area contributed by atoms with E-state index in [9.17, 15) is 4.79 Å². The molecule has 1 aromatic carbocycles. The third kappa shape index (κ3) is 2.07. The molecule has 0 fully saturated rings. The Labute approximate surface area is 88.3 Å². The fraction of sp³-hybridized carbons (Fsp3) is 0.364. The van der Waals surface area contributed by atoms with Gasteiger partial charge in [0.1, 0.15) is 0 Å². The number of hydrogen-bond donors (Lipinski definition) is 1. The zero-order valence-electron chi connectivity index (χ0n) is 7.85. The summed E-state index contributed by atoms with van der Waals surface area (Å²) < 4.78 is 0. The van der Waals surface area contributed by atoms with Gasteiger partial charge in [0.05, 0.1) is 0 Å². The normalized spacial score (nSPS) is 14.6. The molecule has 1 aliphatic rings. The molecule has 1 aliphatic carbocycles. The van der Waals surface area contributed by atoms with Gasteiger partial charge >= 0.3 is 5.37 Å². The van der Waals surface area contributed by atoms with Crippen LogP contribution in [0.15, 0.2) is 18.2 Å². The van der Waals surface area contributed by atoms with Crippen LogP contribution in [-0.4, -0.2) is 5.37 Å². The number of nitrogens with one attached hydrogen (secondary N) is 1. The minimum absolute atomic E-state index is 0.527. The van der Waals surface area contributed by atoms with Crippen LogP contribution >= 0.6 is 11.6 Å². The molecule has 1 amide bonds. The van der Waals surface area contributed by atoms with Crippen LogP contribution in [0, 0.1) is 0 Å². The van der Waals surface area contributed by atoms with Gasteiger partial charge in [-0.05, 0) is 60.5 Å². The molecule has 74 valence electrons. The summed E-state index contributed by atoms with van der Waals surface area (Å²) in [5.74, 6) is 0. The lowest BCUT2D eigenvalue weighted by Crippen LogP contribution is -2.05. The lowest BCUT2D eigenvalue weighted by Gasteiger charge is -2.16. The molecule has 3 heteroatoms. The Hall–Kier alpha value is -1.02. The monoisotopic (exact) mass is 209 g/mol. The standard InChI is InChI=1S/C11H12ClNO/c12-11(14)13-10-6-5-8-3-1-2-4-9(8)7-10/h5-7H,1-4H2,(H,13,14). The summed E-state index contributed by atoms with van der Waals surface area (Å²) in [6, 6.07) is 6.01. The average Bonchev–Trinajstić information content (AvgIpc) is 2.17. The fourth-order valence-electron chi connectivity index (χ4n) is 1.92. The van der Waals surface area contributed by atoms with Crippen molar-refractivity contribution < 1.29 is 4.79 Å². The van der Waals surface area contributed by atoms with Crippen molar-refractivity contribution in [2.45, 2.75) is 25.7 Å². The summed E-state index contributed by atoms with van der Waals surface area (Å²) in [5.41, 5.74) is 3.55. The summed E-state index contributed by atoms with van der Waals surface area (Å²) in [5, 5.41) is 2.05. The van der Waals surface area contributed by atoms with Gasteiger partial charge in [0.25, 0.3) is 0 Å². The molecule has 0 unspecified atom stereocenters. The molecule has 0 saturated heterocycles. The van der Waals surface area contributed by atoms with E-state index in [4.69, 9.17) is 11.6 Å². The largest absolute Gasteiger partial charge is 0.318 e. The second-order valence-electron chi connectivity index (χ2n) is 3.59. The molecule has 0 heterocycles. The van der Waals surface area contributed by atoms with Crippen LogP contribution in [0.25, 0.3) is 0 Å². The predicted molar refractivity (Wildman–Crippen MR) is 58.0 cm³/mol. The van der Waals surface area contributed by atoms with Gasteiger partial charge in [0.15, 0.2) is 0 Å². The Bertz CT molecular complexity index is 362. The molecule has 2 nitrogen and oxygen atoms in total. The minimum Gasteiger partial charge on any atom is -0.312 e. The maximum atomic E-state index is 10.6. The van der Waals surface area contributed by atoms with E-state index in [2.05, 4.69) is 11.4 Å². The first-order chi connectivity index (χ1) is 6.75. The molecule has 0 bridgehead atoms. The Morgan fingerprint density at radius 2 is 1.93 bits per heavy atom. The highest BCUT2D eigenvalue weighted by molar-refractivity contribution is 6.65. The van der Waals surface area contributed by atoms with Crippen LogP contribution in [0.2, 0.25) is 0 Å². The Morgan fingerprint density at radius 3 is 2.64 bits per heavy atom. The summed E-state index contributed by atoms with van der Waals surface area (Å²) in [4.78, 5) is 10.6. The van der Waals surface area contributed by atoms with E-state index in [0.717, 1.165) is 18.5 Å². The predicted octanol–water partition coefficient (Wildman–Crippen LogP) is 3.34. The van der Waals surface area contributed by atoms with Crippen molar-refractivity contribution in [2.75, 3.05) is 5.32 Å². The lowest BCUT2D eigenvalue weighted by atomic mass is 9.91. The average molecular weight is 210 g/mol. The van der Waals surface area contributed by atoms with Gasteiger partial charge in [0, 0.05) is 5.69 Å². The van der Waals surface area contributed by atoms with Crippen LogP contribution in [-0.2, 0) is 12.8 Å². The van der Waals surface area contributed by atoms with Crippen LogP contribution in [0.1, 0.15) is 24.0 Å². The maximum Gasteiger partial charge on any atom is 0.318 e. The van der Waals surface area contributed by atoms with E-state index in [1.165, 1.54) is 24.0 Å². The highest BCUT2D eigenvalue weighted by Crippen LogP contribution is 2.24. The smallest absolute Gasteiger partial charge is 0.312 e. The van der Waals surface area contributed by atoms with E-state index in [-0.39, 0.29) is 0 Å². The number of amides is 1. The third-order valence-corrected chi connectivity index (χ3v) is 2.69. The highest BCUT2D eigenvalue weighted by Gasteiger charge is 2.09. The number of halogens is 1. The van der Waals surface area contributed by atoms with E-state index in [0.29, 0.717) is 0 Å². The second-order valence-corrected chi connectivity index (χ2v) is 3.93. The summed E-state index contributed by atoms with van der Waals surface area (Å²) in [6.07, 6.45) is 4.78. The van der Waals surface area contributed by atoms with Gasteiger partial charge in [0.2, 0.25) is 0 Å². The first kappa shape index (κ1) is 9.53. The number of hydrogen-bond acceptors (Lipinski definition) is 1. The van der Waals surface area contributed by atoms with E-state index >= 15 is 0 Å². The number of rotatable bonds is 1. The van der Waals surface area contributed by atoms with Crippen LogP contribution < -0.4 is 5.32 Å². The topological polar surface area (TPSA) is 29.1 Å². The van der Waals surface area contributed by atoms with Crippen molar-refractivity contribution in [3.63, 3.8) is 0 Å². The number of benzene rings is 1. The van der Waals surface area contributed by atoms with Crippen molar-refractivity contribution in [3.05, 3.63) is 29.3 Å². The van der Waals surface area contributed by atoms with Crippen molar-refractivity contribution in [1.82, 2.24) is 0 Å². The number of aryl methyl sites for hydroxylation is 2. The Morgan fingerprint density at radius 1 is 1.21 bits per heavy atom. The second kappa shape index (κ2) is 4.01.